The van der Waals surface area contributed by atoms with Crippen LogP contribution in [0.2, 0.25) is 0 Å². The third-order valence-corrected chi connectivity index (χ3v) is 5.38. The summed E-state index contributed by atoms with van der Waals surface area (Å²) in [6, 6.07) is 4.25. The Morgan fingerprint density at radius 3 is 2.55 bits per heavy atom. The summed E-state index contributed by atoms with van der Waals surface area (Å²) in [5.74, 6) is 0.964. The predicted octanol–water partition coefficient (Wildman–Crippen LogP) is 3.20. The molecule has 2 amide bonds. The lowest BCUT2D eigenvalue weighted by molar-refractivity contribution is -0.130. The van der Waals surface area contributed by atoms with E-state index in [1.807, 2.05) is 25.7 Å². The molecule has 3 rings (SSSR count). The lowest BCUT2D eigenvalue weighted by atomic mass is 10.1. The van der Waals surface area contributed by atoms with E-state index < -0.39 is 11.7 Å². The number of hydrogen-bond acceptors (Lipinski definition) is 6. The van der Waals surface area contributed by atoms with E-state index in [9.17, 15) is 9.59 Å². The van der Waals surface area contributed by atoms with Crippen molar-refractivity contribution in [2.45, 2.75) is 53.1 Å². The van der Waals surface area contributed by atoms with Gasteiger partial charge in [-0.1, -0.05) is 0 Å². The van der Waals surface area contributed by atoms with Crippen LogP contribution in [-0.4, -0.2) is 65.2 Å². The van der Waals surface area contributed by atoms with Gasteiger partial charge in [-0.25, -0.2) is 14.8 Å². The van der Waals surface area contributed by atoms with Crippen LogP contribution in [0.5, 0.6) is 0 Å². The van der Waals surface area contributed by atoms with E-state index in [-0.39, 0.29) is 18.9 Å². The van der Waals surface area contributed by atoms with Crippen molar-refractivity contribution in [2.75, 3.05) is 37.6 Å². The van der Waals surface area contributed by atoms with Crippen LogP contribution in [0.1, 0.15) is 44.7 Å². The first-order chi connectivity index (χ1) is 14.6. The molecule has 2 aromatic rings. The Bertz CT molecular complexity index is 954. The molecule has 0 atom stereocenters. The molecule has 31 heavy (non-hydrogen) atoms. The number of anilines is 1. The van der Waals surface area contributed by atoms with E-state index in [4.69, 9.17) is 4.74 Å². The highest BCUT2D eigenvalue weighted by Crippen LogP contribution is 2.26. The number of carbonyl (C=O) groups is 2. The van der Waals surface area contributed by atoms with E-state index in [2.05, 4.69) is 46.2 Å². The van der Waals surface area contributed by atoms with Gasteiger partial charge in [0.1, 0.15) is 17.7 Å². The van der Waals surface area contributed by atoms with Gasteiger partial charge in [0.25, 0.3) is 0 Å². The molecule has 1 aliphatic heterocycles. The van der Waals surface area contributed by atoms with Gasteiger partial charge in [0, 0.05) is 44.5 Å². The summed E-state index contributed by atoms with van der Waals surface area (Å²) in [6.07, 6.45) is 2.24. The van der Waals surface area contributed by atoms with Crippen molar-refractivity contribution < 1.29 is 14.3 Å². The molecule has 0 spiro atoms. The number of alkyl carbamates (subject to hydrolysis) is 1. The molecule has 1 aliphatic rings. The second kappa shape index (κ2) is 9.49. The molecule has 1 saturated heterocycles. The topological polar surface area (TPSA) is 87.7 Å². The molecule has 1 N–H and O–H groups in total. The van der Waals surface area contributed by atoms with E-state index in [0.717, 1.165) is 29.7 Å². The van der Waals surface area contributed by atoms with E-state index >= 15 is 0 Å². The summed E-state index contributed by atoms with van der Waals surface area (Å²) in [5, 5.41) is 3.70. The fourth-order valence-corrected chi connectivity index (χ4v) is 3.68. The minimum Gasteiger partial charge on any atom is -0.444 e. The zero-order valence-corrected chi connectivity index (χ0v) is 19.2. The highest BCUT2D eigenvalue weighted by Gasteiger charge is 2.22. The fraction of sp³-hybridized carbons (Fsp3) is 0.565. The van der Waals surface area contributed by atoms with Gasteiger partial charge >= 0.3 is 6.09 Å². The normalized spacial score (nSPS) is 15.0. The van der Waals surface area contributed by atoms with Crippen LogP contribution in [0, 0.1) is 13.8 Å². The zero-order chi connectivity index (χ0) is 22.6. The number of ether oxygens (including phenoxy) is 1. The number of carbonyl (C=O) groups excluding carboxylic acids is 2. The summed E-state index contributed by atoms with van der Waals surface area (Å²) >= 11 is 0. The molecule has 0 saturated carbocycles. The minimum absolute atomic E-state index is 0.0388. The highest BCUT2D eigenvalue weighted by atomic mass is 16.6. The smallest absolute Gasteiger partial charge is 0.407 e. The van der Waals surface area contributed by atoms with Crippen molar-refractivity contribution in [3.8, 4) is 0 Å². The monoisotopic (exact) mass is 427 g/mol. The lowest BCUT2D eigenvalue weighted by Gasteiger charge is -2.24. The van der Waals surface area contributed by atoms with Crippen molar-refractivity contribution in [3.05, 3.63) is 29.6 Å². The molecule has 0 aliphatic carbocycles. The Hall–Kier alpha value is -2.90. The first-order valence-electron chi connectivity index (χ1n) is 10.9. The van der Waals surface area contributed by atoms with Crippen LogP contribution in [-0.2, 0) is 9.53 Å². The number of nitrogens with zero attached hydrogens (tertiary/aromatic N) is 4. The standard InChI is InChI=1S/C23H33N5O3/c1-16-13-18-19(14-17(16)2)25-15-26-21(18)28-10-6-9-27(11-12-28)20(29)7-8-24-22(30)31-23(3,4)5/h13-15H,6-12H2,1-5H3,(H,24,30). The van der Waals surface area contributed by atoms with Crippen molar-refractivity contribution in [3.63, 3.8) is 0 Å². The van der Waals surface area contributed by atoms with Crippen LogP contribution in [0.25, 0.3) is 10.9 Å². The Balaban J connectivity index is 1.58. The quantitative estimate of drug-likeness (QED) is 0.806. The number of benzene rings is 1. The molecule has 0 bridgehead atoms. The summed E-state index contributed by atoms with van der Waals surface area (Å²) in [4.78, 5) is 37.5. The Kier molecular flexibility index (Phi) is 6.97. The molecular weight excluding hydrogens is 394 g/mol. The number of amides is 2. The summed E-state index contributed by atoms with van der Waals surface area (Å²) < 4.78 is 5.21. The summed E-state index contributed by atoms with van der Waals surface area (Å²) in [7, 11) is 0. The Morgan fingerprint density at radius 2 is 1.81 bits per heavy atom. The number of aryl methyl sites for hydroxylation is 2. The SMILES string of the molecule is Cc1cc2ncnc(N3CCCN(C(=O)CCNC(=O)OC(C)(C)C)CC3)c2cc1C. The zero-order valence-electron chi connectivity index (χ0n) is 19.2. The number of aromatic nitrogens is 2. The maximum absolute atomic E-state index is 12.6. The average Bonchev–Trinajstić information content (AvgIpc) is 2.93. The van der Waals surface area contributed by atoms with Gasteiger partial charge in [0.2, 0.25) is 5.91 Å². The molecule has 0 unspecified atom stereocenters. The first-order valence-corrected chi connectivity index (χ1v) is 10.9. The van der Waals surface area contributed by atoms with Gasteiger partial charge in [-0.05, 0) is 64.3 Å². The third kappa shape index (κ3) is 6.06. The van der Waals surface area contributed by atoms with Crippen molar-refractivity contribution in [1.29, 1.82) is 0 Å². The molecule has 1 fully saturated rings. The van der Waals surface area contributed by atoms with Gasteiger partial charge in [-0.3, -0.25) is 4.79 Å². The van der Waals surface area contributed by atoms with E-state index in [0.29, 0.717) is 19.6 Å². The maximum Gasteiger partial charge on any atom is 0.407 e. The molecule has 0 radical (unpaired) electrons. The fourth-order valence-electron chi connectivity index (χ4n) is 3.68. The van der Waals surface area contributed by atoms with Gasteiger partial charge in [-0.15, -0.1) is 0 Å². The maximum atomic E-state index is 12.6. The van der Waals surface area contributed by atoms with Gasteiger partial charge in [0.15, 0.2) is 0 Å². The number of rotatable bonds is 4. The Morgan fingerprint density at radius 1 is 1.06 bits per heavy atom. The number of hydrogen-bond donors (Lipinski definition) is 1. The van der Waals surface area contributed by atoms with Crippen LogP contribution >= 0.6 is 0 Å². The molecule has 1 aromatic heterocycles. The van der Waals surface area contributed by atoms with Crippen LogP contribution < -0.4 is 10.2 Å². The van der Waals surface area contributed by atoms with E-state index in [1.165, 1.54) is 11.1 Å². The minimum atomic E-state index is -0.551. The van der Waals surface area contributed by atoms with Crippen molar-refractivity contribution in [2.24, 2.45) is 0 Å². The van der Waals surface area contributed by atoms with Gasteiger partial charge < -0.3 is 19.9 Å². The Labute approximate surface area is 184 Å². The second-order valence-electron chi connectivity index (χ2n) is 9.05. The van der Waals surface area contributed by atoms with Crippen molar-refractivity contribution in [1.82, 2.24) is 20.2 Å². The molecule has 1 aromatic carbocycles. The second-order valence-corrected chi connectivity index (χ2v) is 9.05. The molecular formula is C23H33N5O3. The summed E-state index contributed by atoms with van der Waals surface area (Å²) in [6.45, 7) is 12.7. The highest BCUT2D eigenvalue weighted by molar-refractivity contribution is 5.90. The lowest BCUT2D eigenvalue weighted by Crippen LogP contribution is -2.38. The number of fused-ring (bicyclic) bond motifs is 1. The first kappa shape index (κ1) is 22.8. The van der Waals surface area contributed by atoms with E-state index in [1.54, 1.807) is 6.33 Å². The largest absolute Gasteiger partial charge is 0.444 e. The average molecular weight is 428 g/mol. The molecule has 168 valence electrons. The van der Waals surface area contributed by atoms with Crippen LogP contribution in [0.15, 0.2) is 18.5 Å². The van der Waals surface area contributed by atoms with Crippen LogP contribution in [0.4, 0.5) is 10.6 Å². The van der Waals surface area contributed by atoms with Crippen molar-refractivity contribution >= 4 is 28.7 Å². The number of nitrogens with one attached hydrogen (secondary N) is 1. The van der Waals surface area contributed by atoms with Gasteiger partial charge in [0.05, 0.1) is 5.52 Å². The van der Waals surface area contributed by atoms with Gasteiger partial charge in [-0.2, -0.15) is 0 Å². The third-order valence-electron chi connectivity index (χ3n) is 5.38. The predicted molar refractivity (Wildman–Crippen MR) is 121 cm³/mol. The molecule has 2 heterocycles. The summed E-state index contributed by atoms with van der Waals surface area (Å²) in [5.41, 5.74) is 2.82. The van der Waals surface area contributed by atoms with Crippen LogP contribution in [0.3, 0.4) is 0 Å². The molecule has 8 nitrogen and oxygen atoms in total. The molecule has 8 heteroatoms.